The molecule has 0 aliphatic carbocycles. The molecule has 1 saturated heterocycles. The first-order valence-electron chi connectivity index (χ1n) is 10.4. The number of likely N-dealkylation sites (tertiary alicyclic amines) is 1. The van der Waals surface area contributed by atoms with Crippen LogP contribution in [0.1, 0.15) is 50.9 Å². The standard InChI is InChI=1S/C26H24N4O/c1-4-5-6-24-28-18(3)25(29-24)23-13-21(10-7-17(23)2)26(31)30-15-22(16-30)20-11-8-19(14-27)9-12-20/h1,7-13,22H,5-6,15-16H2,2-3H3,(H,28,29). The third kappa shape index (κ3) is 4.09. The van der Waals surface area contributed by atoms with Gasteiger partial charge in [0.15, 0.2) is 0 Å². The maximum Gasteiger partial charge on any atom is 0.253 e. The maximum atomic E-state index is 13.1. The van der Waals surface area contributed by atoms with Gasteiger partial charge in [-0.2, -0.15) is 5.26 Å². The summed E-state index contributed by atoms with van der Waals surface area (Å²) in [6.07, 6.45) is 6.72. The fraction of sp³-hybridized carbons (Fsp3) is 0.269. The summed E-state index contributed by atoms with van der Waals surface area (Å²) in [5, 5.41) is 8.94. The normalized spacial score (nSPS) is 13.4. The van der Waals surface area contributed by atoms with E-state index in [0.717, 1.165) is 28.3 Å². The fourth-order valence-electron chi connectivity index (χ4n) is 3.97. The minimum Gasteiger partial charge on any atom is -0.346 e. The molecule has 5 nitrogen and oxygen atoms in total. The molecule has 0 spiro atoms. The first kappa shape index (κ1) is 20.4. The molecule has 1 N–H and O–H groups in total. The predicted molar refractivity (Wildman–Crippen MR) is 120 cm³/mol. The van der Waals surface area contributed by atoms with Gasteiger partial charge in [-0.25, -0.2) is 4.98 Å². The molecule has 0 bridgehead atoms. The molecule has 1 aliphatic rings. The Labute approximate surface area is 182 Å². The summed E-state index contributed by atoms with van der Waals surface area (Å²) in [6, 6.07) is 15.6. The number of aryl methyl sites for hydroxylation is 3. The van der Waals surface area contributed by atoms with Crippen LogP contribution in [0.5, 0.6) is 0 Å². The van der Waals surface area contributed by atoms with Crippen LogP contribution in [0.2, 0.25) is 0 Å². The van der Waals surface area contributed by atoms with Crippen molar-refractivity contribution in [1.82, 2.24) is 14.9 Å². The molecule has 1 aromatic heterocycles. The van der Waals surface area contributed by atoms with E-state index in [9.17, 15) is 4.79 Å². The van der Waals surface area contributed by atoms with Crippen LogP contribution in [0.3, 0.4) is 0 Å². The number of nitrogens with zero attached hydrogens (tertiary/aromatic N) is 3. The lowest BCUT2D eigenvalue weighted by Gasteiger charge is -2.39. The van der Waals surface area contributed by atoms with Crippen LogP contribution >= 0.6 is 0 Å². The van der Waals surface area contributed by atoms with Crippen molar-refractivity contribution in [3.8, 4) is 29.7 Å². The van der Waals surface area contributed by atoms with E-state index < -0.39 is 0 Å². The quantitative estimate of drug-likeness (QED) is 0.637. The summed E-state index contributed by atoms with van der Waals surface area (Å²) in [5.74, 6) is 3.86. The highest BCUT2D eigenvalue weighted by Gasteiger charge is 2.32. The lowest BCUT2D eigenvalue weighted by molar-refractivity contribution is 0.0602. The van der Waals surface area contributed by atoms with E-state index in [4.69, 9.17) is 16.7 Å². The predicted octanol–water partition coefficient (Wildman–Crippen LogP) is 4.37. The zero-order chi connectivity index (χ0) is 22.0. The van der Waals surface area contributed by atoms with Gasteiger partial charge < -0.3 is 9.88 Å². The number of imidazole rings is 1. The average Bonchev–Trinajstić information content (AvgIpc) is 3.12. The second-order valence-corrected chi connectivity index (χ2v) is 8.03. The van der Waals surface area contributed by atoms with Crippen LogP contribution in [0, 0.1) is 37.5 Å². The van der Waals surface area contributed by atoms with Crippen molar-refractivity contribution < 1.29 is 4.79 Å². The molecule has 2 aromatic carbocycles. The summed E-state index contributed by atoms with van der Waals surface area (Å²) in [4.78, 5) is 23.0. The first-order valence-corrected chi connectivity index (χ1v) is 10.4. The van der Waals surface area contributed by atoms with Gasteiger partial charge >= 0.3 is 0 Å². The van der Waals surface area contributed by atoms with E-state index in [2.05, 4.69) is 17.0 Å². The van der Waals surface area contributed by atoms with Crippen molar-refractivity contribution in [1.29, 1.82) is 5.26 Å². The third-order valence-electron chi connectivity index (χ3n) is 5.86. The largest absolute Gasteiger partial charge is 0.346 e. The van der Waals surface area contributed by atoms with Crippen molar-refractivity contribution in [3.63, 3.8) is 0 Å². The van der Waals surface area contributed by atoms with Gasteiger partial charge in [-0.15, -0.1) is 12.3 Å². The van der Waals surface area contributed by atoms with Crippen LogP contribution in [-0.4, -0.2) is 33.9 Å². The highest BCUT2D eigenvalue weighted by Crippen LogP contribution is 2.31. The van der Waals surface area contributed by atoms with Crippen molar-refractivity contribution in [2.75, 3.05) is 13.1 Å². The molecule has 0 atom stereocenters. The number of hydrogen-bond donors (Lipinski definition) is 1. The highest BCUT2D eigenvalue weighted by atomic mass is 16.2. The van der Waals surface area contributed by atoms with E-state index in [1.807, 2.05) is 61.2 Å². The number of hydrogen-bond acceptors (Lipinski definition) is 3. The minimum absolute atomic E-state index is 0.0342. The Hall–Kier alpha value is -3.83. The lowest BCUT2D eigenvalue weighted by Crippen LogP contribution is -2.48. The summed E-state index contributed by atoms with van der Waals surface area (Å²) in [7, 11) is 0. The second kappa shape index (κ2) is 8.50. The Morgan fingerprint density at radius 1 is 1.23 bits per heavy atom. The van der Waals surface area contributed by atoms with Gasteiger partial charge in [0.05, 0.1) is 17.3 Å². The van der Waals surface area contributed by atoms with E-state index in [1.165, 1.54) is 5.56 Å². The van der Waals surface area contributed by atoms with E-state index in [0.29, 0.717) is 43.0 Å². The van der Waals surface area contributed by atoms with Gasteiger partial charge in [0.1, 0.15) is 5.82 Å². The molecule has 1 aliphatic heterocycles. The number of nitriles is 1. The SMILES string of the molecule is C#CCCc1nc(-c2cc(C(=O)N3CC(c4ccc(C#N)cc4)C3)ccc2C)c(C)[nH]1. The molecule has 1 fully saturated rings. The Morgan fingerprint density at radius 3 is 2.65 bits per heavy atom. The van der Waals surface area contributed by atoms with E-state index in [1.54, 1.807) is 0 Å². The number of rotatable bonds is 5. The molecule has 5 heteroatoms. The highest BCUT2D eigenvalue weighted by molar-refractivity contribution is 5.96. The zero-order valence-corrected chi connectivity index (χ0v) is 17.8. The number of aromatic nitrogens is 2. The molecule has 154 valence electrons. The van der Waals surface area contributed by atoms with Crippen LogP contribution in [-0.2, 0) is 6.42 Å². The van der Waals surface area contributed by atoms with Crippen LogP contribution in [0.15, 0.2) is 42.5 Å². The molecule has 0 radical (unpaired) electrons. The minimum atomic E-state index is 0.0342. The molecule has 0 unspecified atom stereocenters. The Kier molecular flexibility index (Phi) is 5.60. The molecule has 1 amide bonds. The topological polar surface area (TPSA) is 72.8 Å². The van der Waals surface area contributed by atoms with Gasteiger partial charge in [-0.1, -0.05) is 18.2 Å². The van der Waals surface area contributed by atoms with Gasteiger partial charge in [0.2, 0.25) is 0 Å². The smallest absolute Gasteiger partial charge is 0.253 e. The maximum absolute atomic E-state index is 13.1. The van der Waals surface area contributed by atoms with E-state index in [-0.39, 0.29) is 5.91 Å². The number of carbonyl (C=O) groups is 1. The second-order valence-electron chi connectivity index (χ2n) is 8.03. The number of nitrogens with one attached hydrogen (secondary N) is 1. The van der Waals surface area contributed by atoms with Gasteiger partial charge in [-0.05, 0) is 49.2 Å². The van der Waals surface area contributed by atoms with Gasteiger partial charge in [0.25, 0.3) is 5.91 Å². The molecular weight excluding hydrogens is 384 g/mol. The number of aromatic amines is 1. The molecule has 3 aromatic rings. The van der Waals surface area contributed by atoms with Crippen molar-refractivity contribution >= 4 is 5.91 Å². The monoisotopic (exact) mass is 408 g/mol. The van der Waals surface area contributed by atoms with Crippen LogP contribution in [0.25, 0.3) is 11.3 Å². The molecule has 31 heavy (non-hydrogen) atoms. The van der Waals surface area contributed by atoms with Crippen molar-refractivity contribution in [2.45, 2.75) is 32.6 Å². The number of carbonyl (C=O) groups excluding carboxylic acids is 1. The fourth-order valence-corrected chi connectivity index (χ4v) is 3.97. The molecule has 4 rings (SSSR count). The first-order chi connectivity index (χ1) is 15.0. The van der Waals surface area contributed by atoms with Crippen LogP contribution < -0.4 is 0 Å². The van der Waals surface area contributed by atoms with Gasteiger partial charge in [-0.3, -0.25) is 4.79 Å². The van der Waals surface area contributed by atoms with Gasteiger partial charge in [0, 0.05) is 48.7 Å². The Morgan fingerprint density at radius 2 is 1.97 bits per heavy atom. The Bertz CT molecular complexity index is 1200. The van der Waals surface area contributed by atoms with Crippen molar-refractivity contribution in [2.24, 2.45) is 0 Å². The lowest BCUT2D eigenvalue weighted by atomic mass is 9.90. The number of H-pyrrole nitrogens is 1. The summed E-state index contributed by atoms with van der Waals surface area (Å²) < 4.78 is 0. The summed E-state index contributed by atoms with van der Waals surface area (Å²) >= 11 is 0. The number of benzene rings is 2. The summed E-state index contributed by atoms with van der Waals surface area (Å²) in [6.45, 7) is 5.40. The number of amides is 1. The Balaban J connectivity index is 1.50. The average molecular weight is 409 g/mol. The molecule has 0 saturated carbocycles. The third-order valence-corrected chi connectivity index (χ3v) is 5.86. The molecular formula is C26H24N4O. The number of terminal acetylenes is 1. The molecule has 2 heterocycles. The van der Waals surface area contributed by atoms with Crippen LogP contribution in [0.4, 0.5) is 0 Å². The van der Waals surface area contributed by atoms with E-state index >= 15 is 0 Å². The zero-order valence-electron chi connectivity index (χ0n) is 17.8. The summed E-state index contributed by atoms with van der Waals surface area (Å²) in [5.41, 5.74) is 6.39. The van der Waals surface area contributed by atoms with Crippen molar-refractivity contribution in [3.05, 3.63) is 76.2 Å².